The smallest absolute Gasteiger partial charge is 0.176 e. The van der Waals surface area contributed by atoms with Crippen molar-refractivity contribution in [2.24, 2.45) is 5.73 Å². The van der Waals surface area contributed by atoms with E-state index >= 15 is 0 Å². The molecule has 0 saturated heterocycles. The Bertz CT molecular complexity index is 516. The average Bonchev–Trinajstić information content (AvgIpc) is 2.71. The van der Waals surface area contributed by atoms with E-state index in [1.165, 1.54) is 0 Å². The van der Waals surface area contributed by atoms with Crippen LogP contribution in [0.1, 0.15) is 37.1 Å². The molecule has 0 radical (unpaired) electrons. The maximum Gasteiger partial charge on any atom is 0.176 e. The van der Waals surface area contributed by atoms with E-state index in [0.29, 0.717) is 0 Å². The van der Waals surface area contributed by atoms with Crippen molar-refractivity contribution in [2.75, 3.05) is 7.11 Å². The predicted octanol–water partition coefficient (Wildman–Crippen LogP) is 3.55. The molecule has 0 fully saturated rings. The fourth-order valence-corrected chi connectivity index (χ4v) is 2.07. The SMILES string of the molecule is CCCC(N)c1cc2cc(C)cc(OC)c2o1. The summed E-state index contributed by atoms with van der Waals surface area (Å²) in [5.74, 6) is 1.61. The second-order valence-electron chi connectivity index (χ2n) is 4.43. The van der Waals surface area contributed by atoms with E-state index in [9.17, 15) is 0 Å². The van der Waals surface area contributed by atoms with Crippen molar-refractivity contribution in [2.45, 2.75) is 32.7 Å². The minimum atomic E-state index is -0.0302. The van der Waals surface area contributed by atoms with Gasteiger partial charge in [0.2, 0.25) is 0 Å². The molecule has 2 aromatic rings. The van der Waals surface area contributed by atoms with Gasteiger partial charge in [-0.15, -0.1) is 0 Å². The molecule has 1 heterocycles. The lowest BCUT2D eigenvalue weighted by Crippen LogP contribution is -2.08. The number of hydrogen-bond donors (Lipinski definition) is 1. The summed E-state index contributed by atoms with van der Waals surface area (Å²) in [4.78, 5) is 0. The Balaban J connectivity index is 2.49. The number of furan rings is 1. The zero-order valence-corrected chi connectivity index (χ0v) is 10.6. The minimum absolute atomic E-state index is 0.0302. The van der Waals surface area contributed by atoms with E-state index < -0.39 is 0 Å². The molecular weight excluding hydrogens is 214 g/mol. The van der Waals surface area contributed by atoms with Crippen molar-refractivity contribution >= 4 is 11.0 Å². The van der Waals surface area contributed by atoms with Gasteiger partial charge in [0.1, 0.15) is 5.76 Å². The quantitative estimate of drug-likeness (QED) is 0.878. The van der Waals surface area contributed by atoms with Crippen molar-refractivity contribution < 1.29 is 9.15 Å². The van der Waals surface area contributed by atoms with E-state index in [2.05, 4.69) is 13.0 Å². The van der Waals surface area contributed by atoms with Gasteiger partial charge >= 0.3 is 0 Å². The molecule has 1 unspecified atom stereocenters. The molecule has 3 heteroatoms. The van der Waals surface area contributed by atoms with Gasteiger partial charge < -0.3 is 14.9 Å². The van der Waals surface area contributed by atoms with Crippen LogP contribution in [0.15, 0.2) is 22.6 Å². The zero-order valence-electron chi connectivity index (χ0n) is 10.6. The second-order valence-corrected chi connectivity index (χ2v) is 4.43. The molecule has 0 aliphatic heterocycles. The normalized spacial score (nSPS) is 12.9. The molecular formula is C14H19NO2. The standard InChI is InChI=1S/C14H19NO2/c1-4-5-11(15)12-8-10-6-9(2)7-13(16-3)14(10)17-12/h6-8,11H,4-5,15H2,1-3H3. The molecule has 1 aromatic heterocycles. The van der Waals surface area contributed by atoms with Gasteiger partial charge in [0.05, 0.1) is 13.2 Å². The Kier molecular flexibility index (Phi) is 3.38. The number of benzene rings is 1. The first kappa shape index (κ1) is 12.0. The molecule has 1 atom stereocenters. The minimum Gasteiger partial charge on any atom is -0.493 e. The Hall–Kier alpha value is -1.48. The highest BCUT2D eigenvalue weighted by atomic mass is 16.5. The molecule has 0 bridgehead atoms. The average molecular weight is 233 g/mol. The largest absolute Gasteiger partial charge is 0.493 e. The summed E-state index contributed by atoms with van der Waals surface area (Å²) < 4.78 is 11.1. The molecule has 3 nitrogen and oxygen atoms in total. The molecule has 0 aliphatic rings. The Labute approximate surface area is 102 Å². The highest BCUT2D eigenvalue weighted by Crippen LogP contribution is 2.32. The molecule has 1 aromatic carbocycles. The maximum atomic E-state index is 6.06. The van der Waals surface area contributed by atoms with Crippen molar-refractivity contribution in [1.29, 1.82) is 0 Å². The molecule has 0 spiro atoms. The first-order valence-electron chi connectivity index (χ1n) is 5.99. The summed E-state index contributed by atoms with van der Waals surface area (Å²) in [6.45, 7) is 4.16. The van der Waals surface area contributed by atoms with Crippen LogP contribution in [0.5, 0.6) is 5.75 Å². The summed E-state index contributed by atoms with van der Waals surface area (Å²) in [7, 11) is 1.66. The van der Waals surface area contributed by atoms with E-state index in [0.717, 1.165) is 40.9 Å². The summed E-state index contributed by atoms with van der Waals surface area (Å²) in [6.07, 6.45) is 1.98. The van der Waals surface area contributed by atoms with Crippen LogP contribution in [-0.4, -0.2) is 7.11 Å². The summed E-state index contributed by atoms with van der Waals surface area (Å²) in [5.41, 5.74) is 8.01. The van der Waals surface area contributed by atoms with Crippen molar-refractivity contribution in [3.8, 4) is 5.75 Å². The number of rotatable bonds is 4. The van der Waals surface area contributed by atoms with Gasteiger partial charge in [0.15, 0.2) is 11.3 Å². The highest BCUT2D eigenvalue weighted by molar-refractivity contribution is 5.84. The van der Waals surface area contributed by atoms with Crippen LogP contribution in [0, 0.1) is 6.92 Å². The lowest BCUT2D eigenvalue weighted by Gasteiger charge is -2.05. The zero-order chi connectivity index (χ0) is 12.4. The van der Waals surface area contributed by atoms with E-state index in [-0.39, 0.29) is 6.04 Å². The van der Waals surface area contributed by atoms with Crippen LogP contribution in [0.25, 0.3) is 11.0 Å². The second kappa shape index (κ2) is 4.80. The van der Waals surface area contributed by atoms with Gasteiger partial charge in [-0.25, -0.2) is 0 Å². The number of methoxy groups -OCH3 is 1. The third-order valence-electron chi connectivity index (χ3n) is 2.93. The van der Waals surface area contributed by atoms with Crippen LogP contribution in [0.4, 0.5) is 0 Å². The lowest BCUT2D eigenvalue weighted by molar-refractivity contribution is 0.402. The third kappa shape index (κ3) is 2.29. The molecule has 2 rings (SSSR count). The topological polar surface area (TPSA) is 48.4 Å². The van der Waals surface area contributed by atoms with E-state index in [4.69, 9.17) is 14.9 Å². The molecule has 0 saturated carbocycles. The Morgan fingerprint density at radius 3 is 2.76 bits per heavy atom. The van der Waals surface area contributed by atoms with Crippen LogP contribution in [-0.2, 0) is 0 Å². The van der Waals surface area contributed by atoms with Gasteiger partial charge in [-0.3, -0.25) is 0 Å². The Morgan fingerprint density at radius 1 is 1.35 bits per heavy atom. The van der Waals surface area contributed by atoms with Crippen LogP contribution in [0.2, 0.25) is 0 Å². The van der Waals surface area contributed by atoms with Crippen LogP contribution >= 0.6 is 0 Å². The molecule has 0 aliphatic carbocycles. The highest BCUT2D eigenvalue weighted by Gasteiger charge is 2.14. The van der Waals surface area contributed by atoms with Crippen LogP contribution in [0.3, 0.4) is 0 Å². The predicted molar refractivity (Wildman–Crippen MR) is 69.3 cm³/mol. The number of ether oxygens (including phenoxy) is 1. The van der Waals surface area contributed by atoms with E-state index in [1.807, 2.05) is 19.1 Å². The third-order valence-corrected chi connectivity index (χ3v) is 2.93. The number of fused-ring (bicyclic) bond motifs is 1. The first-order valence-corrected chi connectivity index (χ1v) is 5.99. The molecule has 0 amide bonds. The van der Waals surface area contributed by atoms with Crippen molar-refractivity contribution in [3.63, 3.8) is 0 Å². The molecule has 92 valence electrons. The van der Waals surface area contributed by atoms with Crippen molar-refractivity contribution in [3.05, 3.63) is 29.5 Å². The molecule has 17 heavy (non-hydrogen) atoms. The maximum absolute atomic E-state index is 6.06. The summed E-state index contributed by atoms with van der Waals surface area (Å²) in [5, 5.41) is 1.06. The van der Waals surface area contributed by atoms with Gasteiger partial charge in [-0.05, 0) is 37.1 Å². The monoisotopic (exact) mass is 233 g/mol. The van der Waals surface area contributed by atoms with Crippen LogP contribution < -0.4 is 10.5 Å². The van der Waals surface area contributed by atoms with E-state index in [1.54, 1.807) is 7.11 Å². The van der Waals surface area contributed by atoms with Crippen molar-refractivity contribution in [1.82, 2.24) is 0 Å². The first-order chi connectivity index (χ1) is 8.15. The summed E-state index contributed by atoms with van der Waals surface area (Å²) in [6, 6.07) is 6.05. The van der Waals surface area contributed by atoms with Gasteiger partial charge in [0.25, 0.3) is 0 Å². The number of hydrogen-bond acceptors (Lipinski definition) is 3. The van der Waals surface area contributed by atoms with Gasteiger partial charge in [0, 0.05) is 5.39 Å². The molecule has 2 N–H and O–H groups in total. The number of aryl methyl sites for hydroxylation is 1. The number of nitrogens with two attached hydrogens (primary N) is 1. The van der Waals surface area contributed by atoms with Gasteiger partial charge in [-0.1, -0.05) is 13.3 Å². The van der Waals surface area contributed by atoms with Gasteiger partial charge in [-0.2, -0.15) is 0 Å². The lowest BCUT2D eigenvalue weighted by atomic mass is 10.1. The Morgan fingerprint density at radius 2 is 2.12 bits per heavy atom. The fraction of sp³-hybridized carbons (Fsp3) is 0.429. The fourth-order valence-electron chi connectivity index (χ4n) is 2.07. The summed E-state index contributed by atoms with van der Waals surface area (Å²) >= 11 is 0.